The first-order chi connectivity index (χ1) is 34.7. The van der Waals surface area contributed by atoms with Gasteiger partial charge in [-0.2, -0.15) is 9.97 Å². The zero-order valence-electron chi connectivity index (χ0n) is 37.5. The highest BCUT2D eigenvalue weighted by atomic mass is 32.1. The Kier molecular flexibility index (Phi) is 8.43. The quantitative estimate of drug-likeness (QED) is 0.167. The maximum atomic E-state index is 5.60. The third-order valence-electron chi connectivity index (χ3n) is 14.1. The Morgan fingerprint density at radius 3 is 1.57 bits per heavy atom. The smallest absolute Gasteiger partial charge is 0.238 e. The molecule has 0 aliphatic carbocycles. The van der Waals surface area contributed by atoms with E-state index >= 15 is 0 Å². The summed E-state index contributed by atoms with van der Waals surface area (Å²) in [6, 6.07) is 82.7. The average molecular weight is 911 g/mol. The summed E-state index contributed by atoms with van der Waals surface area (Å²) in [4.78, 5) is 16.4. The van der Waals surface area contributed by atoms with Gasteiger partial charge in [-0.1, -0.05) is 170 Å². The standard InChI is InChI=1S/C63H38N6S/c1-3-17-39(18-4-1)41-21-15-22-42(37-41)68-55-31-13-9-25-46(55)48-34-35-49-52-38-43(67-53-29-11-7-23-44(53)45-24-8-12-30-54(45)67)33-36-56(52)69(59(49)58(48)68)63-65-61(40-19-5-2-6-20-40)64-62(66-63)51-28-16-27-50-47-26-10-14-32-57(47)70-60(50)51/h1-38H. The fourth-order valence-corrected chi connectivity index (χ4v) is 12.2. The maximum absolute atomic E-state index is 5.60. The van der Waals surface area contributed by atoms with E-state index in [0.29, 0.717) is 17.6 Å². The summed E-state index contributed by atoms with van der Waals surface area (Å²) in [7, 11) is 0. The molecule has 5 heterocycles. The van der Waals surface area contributed by atoms with Crippen LogP contribution in [0.1, 0.15) is 0 Å². The van der Waals surface area contributed by atoms with Crippen LogP contribution < -0.4 is 0 Å². The van der Waals surface area contributed by atoms with Gasteiger partial charge in [-0.3, -0.25) is 4.57 Å². The lowest BCUT2D eigenvalue weighted by Gasteiger charge is -2.14. The molecule has 5 aromatic heterocycles. The molecule has 0 spiro atoms. The number of hydrogen-bond donors (Lipinski definition) is 0. The van der Waals surface area contributed by atoms with E-state index < -0.39 is 0 Å². The molecule has 326 valence electrons. The van der Waals surface area contributed by atoms with Gasteiger partial charge in [0.2, 0.25) is 5.95 Å². The number of benzene rings is 10. The Balaban J connectivity index is 1.09. The van der Waals surface area contributed by atoms with E-state index in [4.69, 9.17) is 15.0 Å². The lowest BCUT2D eigenvalue weighted by Crippen LogP contribution is -2.07. The zero-order chi connectivity index (χ0) is 45.9. The molecule has 0 amide bonds. The third kappa shape index (κ3) is 5.76. The fourth-order valence-electron chi connectivity index (χ4n) is 11.0. The number of thiophene rings is 1. The van der Waals surface area contributed by atoms with E-state index in [1.807, 2.05) is 18.2 Å². The molecule has 0 aliphatic heterocycles. The van der Waals surface area contributed by atoms with Crippen LogP contribution >= 0.6 is 11.3 Å². The van der Waals surface area contributed by atoms with Gasteiger partial charge < -0.3 is 9.13 Å². The number of para-hydroxylation sites is 3. The van der Waals surface area contributed by atoms with Crippen LogP contribution in [0.2, 0.25) is 0 Å². The molecule has 0 radical (unpaired) electrons. The Hall–Kier alpha value is -9.17. The largest absolute Gasteiger partial charge is 0.309 e. The SMILES string of the molecule is c1ccc(-c2cccc(-n3c4ccccc4c4ccc5c6cc(-n7c8ccccc8c8ccccc87)ccc6n(-c6nc(-c7ccccc7)nc(-c7cccc8c7sc7ccccc78)n6)c5c43)c2)cc1. The highest BCUT2D eigenvalue weighted by Gasteiger charge is 2.25. The summed E-state index contributed by atoms with van der Waals surface area (Å²) in [5.41, 5.74) is 12.9. The first-order valence-corrected chi connectivity index (χ1v) is 24.4. The predicted octanol–water partition coefficient (Wildman–Crippen LogP) is 16.5. The number of fused-ring (bicyclic) bond motifs is 13. The maximum Gasteiger partial charge on any atom is 0.238 e. The second-order valence-corrected chi connectivity index (χ2v) is 19.0. The number of aromatic nitrogens is 6. The predicted molar refractivity (Wildman–Crippen MR) is 292 cm³/mol. The van der Waals surface area contributed by atoms with Gasteiger partial charge in [0, 0.05) is 75.0 Å². The first-order valence-electron chi connectivity index (χ1n) is 23.6. The Labute approximate surface area is 405 Å². The second-order valence-electron chi connectivity index (χ2n) is 18.0. The molecular weight excluding hydrogens is 873 g/mol. The molecule has 15 aromatic rings. The monoisotopic (exact) mass is 910 g/mol. The molecular formula is C63H38N6S. The lowest BCUT2D eigenvalue weighted by molar-refractivity contribution is 0.954. The van der Waals surface area contributed by atoms with Crippen molar-refractivity contribution < 1.29 is 0 Å². The molecule has 15 rings (SSSR count). The molecule has 10 aromatic carbocycles. The minimum Gasteiger partial charge on any atom is -0.309 e. The van der Waals surface area contributed by atoms with E-state index in [0.717, 1.165) is 82.0 Å². The van der Waals surface area contributed by atoms with E-state index in [1.54, 1.807) is 11.3 Å². The topological polar surface area (TPSA) is 53.5 Å². The van der Waals surface area contributed by atoms with E-state index in [9.17, 15) is 0 Å². The molecule has 70 heavy (non-hydrogen) atoms. The Morgan fingerprint density at radius 1 is 0.300 bits per heavy atom. The van der Waals surface area contributed by atoms with Crippen molar-refractivity contribution in [3.8, 4) is 51.2 Å². The van der Waals surface area contributed by atoms with Gasteiger partial charge in [0.1, 0.15) is 0 Å². The van der Waals surface area contributed by atoms with Crippen LogP contribution in [0.15, 0.2) is 231 Å². The summed E-state index contributed by atoms with van der Waals surface area (Å²) in [5, 5.41) is 9.39. The highest BCUT2D eigenvalue weighted by Crippen LogP contribution is 2.44. The van der Waals surface area contributed by atoms with Crippen LogP contribution in [0.3, 0.4) is 0 Å². The van der Waals surface area contributed by atoms with Crippen molar-refractivity contribution in [3.63, 3.8) is 0 Å². The summed E-state index contributed by atoms with van der Waals surface area (Å²) in [6.07, 6.45) is 0. The lowest BCUT2D eigenvalue weighted by atomic mass is 10.1. The van der Waals surface area contributed by atoms with Crippen molar-refractivity contribution >= 4 is 96.9 Å². The van der Waals surface area contributed by atoms with Gasteiger partial charge in [0.25, 0.3) is 0 Å². The Morgan fingerprint density at radius 2 is 0.829 bits per heavy atom. The van der Waals surface area contributed by atoms with Crippen LogP contribution in [0.5, 0.6) is 0 Å². The molecule has 7 heteroatoms. The number of rotatable bonds is 6. The van der Waals surface area contributed by atoms with Crippen molar-refractivity contribution in [2.24, 2.45) is 0 Å². The molecule has 0 unspecified atom stereocenters. The van der Waals surface area contributed by atoms with Crippen molar-refractivity contribution in [3.05, 3.63) is 231 Å². The molecule has 6 nitrogen and oxygen atoms in total. The van der Waals surface area contributed by atoms with Gasteiger partial charge in [0.05, 0.1) is 33.1 Å². The van der Waals surface area contributed by atoms with Crippen molar-refractivity contribution in [1.29, 1.82) is 0 Å². The van der Waals surface area contributed by atoms with Crippen molar-refractivity contribution in [2.75, 3.05) is 0 Å². The van der Waals surface area contributed by atoms with E-state index in [2.05, 4.69) is 226 Å². The molecule has 0 saturated carbocycles. The molecule has 0 bridgehead atoms. The van der Waals surface area contributed by atoms with Crippen LogP contribution in [0, 0.1) is 0 Å². The van der Waals surface area contributed by atoms with Crippen LogP contribution in [-0.2, 0) is 0 Å². The third-order valence-corrected chi connectivity index (χ3v) is 15.3. The summed E-state index contributed by atoms with van der Waals surface area (Å²) in [6.45, 7) is 0. The van der Waals surface area contributed by atoms with Gasteiger partial charge in [-0.25, -0.2) is 4.98 Å². The van der Waals surface area contributed by atoms with Crippen LogP contribution in [0.4, 0.5) is 0 Å². The average Bonchev–Trinajstić information content (AvgIpc) is 4.18. The van der Waals surface area contributed by atoms with Gasteiger partial charge in [0.15, 0.2) is 11.6 Å². The summed E-state index contributed by atoms with van der Waals surface area (Å²) in [5.74, 6) is 1.79. The van der Waals surface area contributed by atoms with Crippen molar-refractivity contribution in [1.82, 2.24) is 28.7 Å². The Bertz CT molecular complexity index is 4540. The molecule has 0 aliphatic rings. The first kappa shape index (κ1) is 38.9. The molecule has 0 N–H and O–H groups in total. The minimum atomic E-state index is 0.550. The normalized spacial score (nSPS) is 12.0. The van der Waals surface area contributed by atoms with Gasteiger partial charge >= 0.3 is 0 Å². The zero-order valence-corrected chi connectivity index (χ0v) is 38.3. The van der Waals surface area contributed by atoms with E-state index in [-0.39, 0.29) is 0 Å². The molecule has 0 saturated heterocycles. The number of hydrogen-bond acceptors (Lipinski definition) is 4. The van der Waals surface area contributed by atoms with Crippen molar-refractivity contribution in [2.45, 2.75) is 0 Å². The minimum absolute atomic E-state index is 0.550. The highest BCUT2D eigenvalue weighted by molar-refractivity contribution is 7.26. The van der Waals surface area contributed by atoms with Crippen LogP contribution in [-0.4, -0.2) is 28.7 Å². The van der Waals surface area contributed by atoms with Gasteiger partial charge in [-0.15, -0.1) is 11.3 Å². The van der Waals surface area contributed by atoms with E-state index in [1.165, 1.54) is 37.2 Å². The van der Waals surface area contributed by atoms with Gasteiger partial charge in [-0.05, 0) is 71.8 Å². The number of nitrogens with zero attached hydrogens (tertiary/aromatic N) is 6. The molecule has 0 fully saturated rings. The molecule has 0 atom stereocenters. The van der Waals surface area contributed by atoms with Crippen LogP contribution in [0.25, 0.3) is 137 Å². The summed E-state index contributed by atoms with van der Waals surface area (Å²) >= 11 is 1.79. The fraction of sp³-hybridized carbons (Fsp3) is 0. The summed E-state index contributed by atoms with van der Waals surface area (Å²) < 4.78 is 9.54. The second kappa shape index (κ2) is 15.2.